The number of carboxylic acids is 1. The van der Waals surface area contributed by atoms with E-state index in [1.807, 2.05) is 0 Å². The van der Waals surface area contributed by atoms with E-state index < -0.39 is 41.9 Å². The SMILES string of the molecule is [N-]=[N+]=NCC(=O)N[C@H](CS(=O)Cc1cccc(OCCF)c1)C(=O)O. The van der Waals surface area contributed by atoms with Gasteiger partial charge in [0.05, 0.1) is 5.75 Å². The summed E-state index contributed by atoms with van der Waals surface area (Å²) in [5, 5.41) is 14.3. The van der Waals surface area contributed by atoms with Gasteiger partial charge in [-0.2, -0.15) is 0 Å². The van der Waals surface area contributed by atoms with Crippen LogP contribution in [0.1, 0.15) is 5.56 Å². The first-order valence-corrected chi connectivity index (χ1v) is 8.60. The van der Waals surface area contributed by atoms with Crippen molar-refractivity contribution in [2.75, 3.05) is 25.6 Å². The zero-order valence-electron chi connectivity index (χ0n) is 13.1. The molecule has 2 N–H and O–H groups in total. The highest BCUT2D eigenvalue weighted by atomic mass is 32.2. The van der Waals surface area contributed by atoms with Gasteiger partial charge in [-0.05, 0) is 23.2 Å². The summed E-state index contributed by atoms with van der Waals surface area (Å²) in [6.45, 7) is -1.27. The van der Waals surface area contributed by atoms with Gasteiger partial charge in [0.1, 0.15) is 31.6 Å². The number of nitrogens with one attached hydrogen (secondary N) is 1. The van der Waals surface area contributed by atoms with E-state index in [-0.39, 0.29) is 18.1 Å². The second-order valence-electron chi connectivity index (χ2n) is 4.78. The second kappa shape index (κ2) is 11.0. The monoisotopic (exact) mass is 372 g/mol. The summed E-state index contributed by atoms with van der Waals surface area (Å²) in [5.41, 5.74) is 8.75. The van der Waals surface area contributed by atoms with Crippen LogP contribution < -0.4 is 10.1 Å². The molecule has 0 aromatic heterocycles. The smallest absolute Gasteiger partial charge is 0.327 e. The summed E-state index contributed by atoms with van der Waals surface area (Å²) in [6.07, 6.45) is 0. The van der Waals surface area contributed by atoms with Gasteiger partial charge in [-0.15, -0.1) is 0 Å². The summed E-state index contributed by atoms with van der Waals surface area (Å²) in [4.78, 5) is 25.0. The minimum atomic E-state index is -1.59. The molecule has 0 fully saturated rings. The van der Waals surface area contributed by atoms with E-state index in [0.29, 0.717) is 11.3 Å². The van der Waals surface area contributed by atoms with Crippen molar-refractivity contribution in [3.8, 4) is 5.75 Å². The standard InChI is InChI=1S/C14H17FN4O5S/c15-4-5-24-11-3-1-2-10(6-11)8-25(23)9-12(14(21)22)18-13(20)7-17-19-16/h1-3,6,12H,4-5,7-9H2,(H,18,20)(H,21,22)/t12-,25?/m1/s1. The number of carbonyl (C=O) groups excluding carboxylic acids is 1. The number of nitrogens with zero attached hydrogens (tertiary/aromatic N) is 3. The Labute approximate surface area is 145 Å². The third-order valence-corrected chi connectivity index (χ3v) is 4.20. The maximum absolute atomic E-state index is 12.2. The molecule has 11 heteroatoms. The fourth-order valence-corrected chi connectivity index (χ4v) is 3.09. The highest BCUT2D eigenvalue weighted by Gasteiger charge is 2.22. The number of carbonyl (C=O) groups is 2. The maximum Gasteiger partial charge on any atom is 0.327 e. The molecule has 0 aliphatic carbocycles. The van der Waals surface area contributed by atoms with Crippen LogP contribution in [0.25, 0.3) is 10.4 Å². The number of halogens is 1. The van der Waals surface area contributed by atoms with Crippen LogP contribution in [0.15, 0.2) is 29.4 Å². The fraction of sp³-hybridized carbons (Fsp3) is 0.429. The Bertz CT molecular complexity index is 681. The molecule has 1 unspecified atom stereocenters. The molecule has 0 aliphatic rings. The van der Waals surface area contributed by atoms with Crippen molar-refractivity contribution in [1.82, 2.24) is 5.32 Å². The summed E-state index contributed by atoms with van der Waals surface area (Å²) < 4.78 is 29.4. The van der Waals surface area contributed by atoms with Crippen LogP contribution in [-0.4, -0.2) is 52.8 Å². The van der Waals surface area contributed by atoms with Gasteiger partial charge in [-0.1, -0.05) is 17.2 Å². The van der Waals surface area contributed by atoms with E-state index in [0.717, 1.165) is 0 Å². The second-order valence-corrected chi connectivity index (χ2v) is 6.28. The maximum atomic E-state index is 12.2. The molecule has 1 amide bonds. The van der Waals surface area contributed by atoms with Crippen molar-refractivity contribution in [2.24, 2.45) is 5.11 Å². The summed E-state index contributed by atoms with van der Waals surface area (Å²) in [7, 11) is -1.59. The van der Waals surface area contributed by atoms with Gasteiger partial charge in [0, 0.05) is 21.5 Å². The van der Waals surface area contributed by atoms with Crippen LogP contribution in [0.5, 0.6) is 5.75 Å². The predicted molar refractivity (Wildman–Crippen MR) is 88.2 cm³/mol. The molecular formula is C14H17FN4O5S. The molecule has 9 nitrogen and oxygen atoms in total. The van der Waals surface area contributed by atoms with Gasteiger partial charge in [0.2, 0.25) is 5.91 Å². The Morgan fingerprint density at radius 3 is 2.88 bits per heavy atom. The molecule has 0 saturated heterocycles. The number of amides is 1. The fourth-order valence-electron chi connectivity index (χ4n) is 1.82. The van der Waals surface area contributed by atoms with Crippen LogP contribution in [-0.2, 0) is 26.1 Å². The molecular weight excluding hydrogens is 355 g/mol. The van der Waals surface area contributed by atoms with Crippen molar-refractivity contribution in [3.05, 3.63) is 40.3 Å². The Morgan fingerprint density at radius 1 is 1.48 bits per heavy atom. The molecule has 1 rings (SSSR count). The highest BCUT2D eigenvalue weighted by molar-refractivity contribution is 7.84. The van der Waals surface area contributed by atoms with Crippen molar-refractivity contribution < 1.29 is 28.0 Å². The average molecular weight is 372 g/mol. The van der Waals surface area contributed by atoms with Crippen molar-refractivity contribution in [3.63, 3.8) is 0 Å². The van der Waals surface area contributed by atoms with Crippen molar-refractivity contribution >= 4 is 22.7 Å². The van der Waals surface area contributed by atoms with E-state index >= 15 is 0 Å². The molecule has 2 atom stereocenters. The van der Waals surface area contributed by atoms with Crippen LogP contribution in [0.3, 0.4) is 0 Å². The van der Waals surface area contributed by atoms with Gasteiger partial charge in [-0.25, -0.2) is 9.18 Å². The van der Waals surface area contributed by atoms with E-state index in [1.165, 1.54) is 0 Å². The number of alkyl halides is 1. The van der Waals surface area contributed by atoms with Crippen LogP contribution in [0.2, 0.25) is 0 Å². The van der Waals surface area contributed by atoms with E-state index in [2.05, 4.69) is 15.3 Å². The number of hydrogen-bond acceptors (Lipinski definition) is 5. The number of azide groups is 1. The number of hydrogen-bond donors (Lipinski definition) is 2. The lowest BCUT2D eigenvalue weighted by molar-refractivity contribution is -0.140. The molecule has 0 radical (unpaired) electrons. The molecule has 1 aromatic rings. The summed E-state index contributed by atoms with van der Waals surface area (Å²) in [6, 6.07) is 5.17. The number of benzene rings is 1. The van der Waals surface area contributed by atoms with Gasteiger partial charge < -0.3 is 15.2 Å². The Balaban J connectivity index is 2.64. The number of carboxylic acid groups (broad SMARTS) is 1. The number of aliphatic carboxylic acids is 1. The van der Waals surface area contributed by atoms with Crippen molar-refractivity contribution in [1.29, 1.82) is 0 Å². The lowest BCUT2D eigenvalue weighted by atomic mass is 10.2. The quantitative estimate of drug-likeness (QED) is 0.340. The van der Waals surface area contributed by atoms with Crippen LogP contribution in [0, 0.1) is 0 Å². The third kappa shape index (κ3) is 8.13. The summed E-state index contributed by atoms with van der Waals surface area (Å²) >= 11 is 0. The first-order valence-electron chi connectivity index (χ1n) is 7.12. The molecule has 1 aromatic carbocycles. The number of ether oxygens (including phenoxy) is 1. The minimum Gasteiger partial charge on any atom is -0.491 e. The summed E-state index contributed by atoms with van der Waals surface area (Å²) in [5.74, 6) is -1.97. The normalized spacial score (nSPS) is 12.5. The Hall–Kier alpha value is -2.65. The Kier molecular flexibility index (Phi) is 8.97. The largest absolute Gasteiger partial charge is 0.491 e. The predicted octanol–water partition coefficient (Wildman–Crippen LogP) is 1.16. The highest BCUT2D eigenvalue weighted by Crippen LogP contribution is 2.15. The first kappa shape index (κ1) is 20.4. The van der Waals surface area contributed by atoms with E-state index in [1.54, 1.807) is 24.3 Å². The Morgan fingerprint density at radius 2 is 2.24 bits per heavy atom. The zero-order valence-corrected chi connectivity index (χ0v) is 13.9. The molecule has 0 saturated carbocycles. The molecule has 0 heterocycles. The lowest BCUT2D eigenvalue weighted by Gasteiger charge is -2.14. The first-order chi connectivity index (χ1) is 12.0. The zero-order chi connectivity index (χ0) is 18.7. The molecule has 0 bridgehead atoms. The number of rotatable bonds is 11. The van der Waals surface area contributed by atoms with Gasteiger partial charge in [0.25, 0.3) is 0 Å². The van der Waals surface area contributed by atoms with E-state index in [4.69, 9.17) is 15.4 Å². The lowest BCUT2D eigenvalue weighted by Crippen LogP contribution is -2.45. The van der Waals surface area contributed by atoms with Gasteiger partial charge in [0.15, 0.2) is 0 Å². The van der Waals surface area contributed by atoms with Crippen molar-refractivity contribution in [2.45, 2.75) is 11.8 Å². The topological polar surface area (TPSA) is 141 Å². The molecule has 25 heavy (non-hydrogen) atoms. The van der Waals surface area contributed by atoms with Crippen LogP contribution >= 0.6 is 0 Å². The average Bonchev–Trinajstić information content (AvgIpc) is 2.57. The molecule has 136 valence electrons. The minimum absolute atomic E-state index is 0.0445. The molecule has 0 spiro atoms. The molecule has 0 aliphatic heterocycles. The van der Waals surface area contributed by atoms with Gasteiger partial charge in [-0.3, -0.25) is 9.00 Å². The van der Waals surface area contributed by atoms with Gasteiger partial charge >= 0.3 is 5.97 Å². The third-order valence-electron chi connectivity index (χ3n) is 2.84. The van der Waals surface area contributed by atoms with Crippen LogP contribution in [0.4, 0.5) is 4.39 Å². The van der Waals surface area contributed by atoms with E-state index in [9.17, 15) is 18.2 Å².